The Balaban J connectivity index is 1.66. The van der Waals surface area contributed by atoms with Gasteiger partial charge in [0, 0.05) is 23.6 Å². The molecule has 1 aliphatic rings. The third-order valence-corrected chi connectivity index (χ3v) is 3.24. The van der Waals surface area contributed by atoms with Gasteiger partial charge in [-0.25, -0.2) is 0 Å². The van der Waals surface area contributed by atoms with Gasteiger partial charge in [0.15, 0.2) is 6.10 Å². The van der Waals surface area contributed by atoms with Gasteiger partial charge in [0.2, 0.25) is 0 Å². The molecule has 0 saturated carbocycles. The zero-order valence-electron chi connectivity index (χ0n) is 10.3. The molecule has 1 aliphatic heterocycles. The lowest BCUT2D eigenvalue weighted by Gasteiger charge is -2.02. The van der Waals surface area contributed by atoms with Crippen molar-refractivity contribution in [1.82, 2.24) is 10.3 Å². The lowest BCUT2D eigenvalue weighted by Crippen LogP contribution is -2.29. The minimum atomic E-state index is -0.199. The van der Waals surface area contributed by atoms with Crippen LogP contribution in [0, 0.1) is 6.92 Å². The topological polar surface area (TPSA) is 57.4 Å². The normalized spacial score (nSPS) is 17.9. The molecule has 94 valence electrons. The van der Waals surface area contributed by atoms with E-state index < -0.39 is 0 Å². The van der Waals surface area contributed by atoms with E-state index in [1.54, 1.807) is 0 Å². The first-order valence-corrected chi connectivity index (χ1v) is 6.20. The molecule has 3 rings (SSSR count). The predicted octanol–water partition coefficient (Wildman–Crippen LogP) is 1.53. The number of H-pyrrole nitrogens is 1. The highest BCUT2D eigenvalue weighted by atomic mass is 16.6. The van der Waals surface area contributed by atoms with Gasteiger partial charge in [-0.05, 0) is 31.0 Å². The summed E-state index contributed by atoms with van der Waals surface area (Å²) in [6.07, 6.45) is 2.65. The van der Waals surface area contributed by atoms with E-state index in [4.69, 9.17) is 4.74 Å². The number of carbonyl (C=O) groups excluding carboxylic acids is 1. The second-order valence-electron chi connectivity index (χ2n) is 4.73. The maximum absolute atomic E-state index is 11.4. The van der Waals surface area contributed by atoms with Gasteiger partial charge in [-0.3, -0.25) is 4.79 Å². The van der Waals surface area contributed by atoms with Crippen LogP contribution in [0.4, 0.5) is 0 Å². The summed E-state index contributed by atoms with van der Waals surface area (Å²) >= 11 is 0. The molecule has 1 fully saturated rings. The fraction of sp³-hybridized carbons (Fsp3) is 0.357. The van der Waals surface area contributed by atoms with Gasteiger partial charge in [-0.2, -0.15) is 0 Å². The fourth-order valence-electron chi connectivity index (χ4n) is 2.13. The monoisotopic (exact) mass is 244 g/mol. The summed E-state index contributed by atoms with van der Waals surface area (Å²) in [6, 6.07) is 6.35. The molecule has 2 heterocycles. The summed E-state index contributed by atoms with van der Waals surface area (Å²) in [6.45, 7) is 3.31. The van der Waals surface area contributed by atoms with Gasteiger partial charge in [0.25, 0.3) is 5.91 Å². The molecule has 1 atom stereocenters. The number of ether oxygens (including phenoxy) is 1. The van der Waals surface area contributed by atoms with Crippen LogP contribution in [-0.2, 0) is 16.0 Å². The van der Waals surface area contributed by atoms with Crippen LogP contribution in [0.15, 0.2) is 24.4 Å². The van der Waals surface area contributed by atoms with Crippen molar-refractivity contribution < 1.29 is 9.53 Å². The first-order chi connectivity index (χ1) is 8.74. The van der Waals surface area contributed by atoms with Crippen LogP contribution in [-0.4, -0.2) is 30.1 Å². The van der Waals surface area contributed by atoms with Crippen LogP contribution in [0.2, 0.25) is 0 Å². The summed E-state index contributed by atoms with van der Waals surface area (Å²) in [5.74, 6) is 0.00558. The lowest BCUT2D eigenvalue weighted by molar-refractivity contribution is -0.122. The van der Waals surface area contributed by atoms with Crippen molar-refractivity contribution in [1.29, 1.82) is 0 Å². The van der Waals surface area contributed by atoms with Gasteiger partial charge >= 0.3 is 0 Å². The Morgan fingerprint density at radius 3 is 3.17 bits per heavy atom. The van der Waals surface area contributed by atoms with Gasteiger partial charge in [-0.1, -0.05) is 11.6 Å². The van der Waals surface area contributed by atoms with Crippen molar-refractivity contribution in [2.24, 2.45) is 0 Å². The average Bonchev–Trinajstić information content (AvgIpc) is 3.13. The Hall–Kier alpha value is -1.81. The molecule has 1 unspecified atom stereocenters. The molecule has 0 aliphatic carbocycles. The standard InChI is InChI=1S/C14H16N2O2/c1-9-2-3-12-11(6-9)10(7-16-12)4-5-15-14(17)13-8-18-13/h2-3,6-7,13,16H,4-5,8H2,1H3,(H,15,17). The number of rotatable bonds is 4. The quantitative estimate of drug-likeness (QED) is 0.801. The number of hydrogen-bond acceptors (Lipinski definition) is 2. The Labute approximate surface area is 105 Å². The van der Waals surface area contributed by atoms with E-state index >= 15 is 0 Å². The van der Waals surface area contributed by atoms with E-state index in [1.807, 2.05) is 6.20 Å². The summed E-state index contributed by atoms with van der Waals surface area (Å²) < 4.78 is 4.93. The largest absolute Gasteiger partial charge is 0.363 e. The van der Waals surface area contributed by atoms with Crippen molar-refractivity contribution in [3.05, 3.63) is 35.5 Å². The molecule has 2 N–H and O–H groups in total. The van der Waals surface area contributed by atoms with Crippen LogP contribution in [0.5, 0.6) is 0 Å². The molecule has 1 amide bonds. The number of fused-ring (bicyclic) bond motifs is 1. The van der Waals surface area contributed by atoms with Gasteiger partial charge in [0.05, 0.1) is 6.61 Å². The van der Waals surface area contributed by atoms with E-state index in [0.29, 0.717) is 13.2 Å². The zero-order chi connectivity index (χ0) is 12.5. The molecule has 0 spiro atoms. The first-order valence-electron chi connectivity index (χ1n) is 6.20. The van der Waals surface area contributed by atoms with Crippen molar-refractivity contribution in [2.75, 3.05) is 13.2 Å². The van der Waals surface area contributed by atoms with E-state index in [0.717, 1.165) is 11.9 Å². The molecule has 0 radical (unpaired) electrons. The number of amides is 1. The molecule has 4 heteroatoms. The number of aromatic amines is 1. The minimum Gasteiger partial charge on any atom is -0.363 e. The van der Waals surface area contributed by atoms with Crippen LogP contribution in [0.3, 0.4) is 0 Å². The summed E-state index contributed by atoms with van der Waals surface area (Å²) in [5, 5.41) is 4.13. The molecule has 2 aromatic rings. The zero-order valence-corrected chi connectivity index (χ0v) is 10.3. The third kappa shape index (κ3) is 2.24. The lowest BCUT2D eigenvalue weighted by atomic mass is 10.1. The summed E-state index contributed by atoms with van der Waals surface area (Å²) in [4.78, 5) is 14.7. The summed E-state index contributed by atoms with van der Waals surface area (Å²) in [7, 11) is 0. The Bertz CT molecular complexity index is 584. The molecule has 1 saturated heterocycles. The first kappa shape index (κ1) is 11.3. The van der Waals surface area contributed by atoms with Crippen LogP contribution in [0.25, 0.3) is 10.9 Å². The Morgan fingerprint density at radius 2 is 2.39 bits per heavy atom. The summed E-state index contributed by atoms with van der Waals surface area (Å²) in [5.41, 5.74) is 3.64. The smallest absolute Gasteiger partial charge is 0.251 e. The molecule has 1 aromatic heterocycles. The van der Waals surface area contributed by atoms with E-state index in [1.165, 1.54) is 16.5 Å². The Kier molecular flexibility index (Phi) is 2.80. The van der Waals surface area contributed by atoms with Gasteiger partial charge < -0.3 is 15.0 Å². The highest BCUT2D eigenvalue weighted by molar-refractivity contribution is 5.84. The number of nitrogens with one attached hydrogen (secondary N) is 2. The van der Waals surface area contributed by atoms with Gasteiger partial charge in [-0.15, -0.1) is 0 Å². The van der Waals surface area contributed by atoms with Crippen LogP contribution >= 0.6 is 0 Å². The Morgan fingerprint density at radius 1 is 1.56 bits per heavy atom. The number of benzene rings is 1. The molecule has 1 aromatic carbocycles. The number of hydrogen-bond donors (Lipinski definition) is 2. The predicted molar refractivity (Wildman–Crippen MR) is 69.5 cm³/mol. The van der Waals surface area contributed by atoms with Crippen molar-refractivity contribution in [3.8, 4) is 0 Å². The molecular formula is C14H16N2O2. The molecule has 4 nitrogen and oxygen atoms in total. The second-order valence-corrected chi connectivity index (χ2v) is 4.73. The average molecular weight is 244 g/mol. The van der Waals surface area contributed by atoms with Crippen molar-refractivity contribution in [3.63, 3.8) is 0 Å². The number of carbonyl (C=O) groups is 1. The van der Waals surface area contributed by atoms with Gasteiger partial charge in [0.1, 0.15) is 0 Å². The number of aryl methyl sites for hydroxylation is 1. The maximum Gasteiger partial charge on any atom is 0.251 e. The van der Waals surface area contributed by atoms with Crippen LogP contribution in [0.1, 0.15) is 11.1 Å². The van der Waals surface area contributed by atoms with E-state index in [-0.39, 0.29) is 12.0 Å². The highest BCUT2D eigenvalue weighted by Crippen LogP contribution is 2.19. The minimum absolute atomic E-state index is 0.00558. The van der Waals surface area contributed by atoms with E-state index in [9.17, 15) is 4.79 Å². The van der Waals surface area contributed by atoms with E-state index in [2.05, 4.69) is 35.4 Å². The molecule has 18 heavy (non-hydrogen) atoms. The molecular weight excluding hydrogens is 228 g/mol. The third-order valence-electron chi connectivity index (χ3n) is 3.24. The van der Waals surface area contributed by atoms with Crippen molar-refractivity contribution in [2.45, 2.75) is 19.4 Å². The number of aromatic nitrogens is 1. The number of epoxide rings is 1. The SMILES string of the molecule is Cc1ccc2[nH]cc(CCNC(=O)C3CO3)c2c1. The second kappa shape index (κ2) is 4.46. The molecule has 0 bridgehead atoms. The van der Waals surface area contributed by atoms with Crippen LogP contribution < -0.4 is 5.32 Å². The highest BCUT2D eigenvalue weighted by Gasteiger charge is 2.30. The maximum atomic E-state index is 11.4. The fourth-order valence-corrected chi connectivity index (χ4v) is 2.13. The van der Waals surface area contributed by atoms with Crippen molar-refractivity contribution >= 4 is 16.8 Å².